The summed E-state index contributed by atoms with van der Waals surface area (Å²) in [5.41, 5.74) is 2.49. The SMILES string of the molecule is CCOc1cc(/C=C(\C#N)c2ccc(F)cc2)cc(Cl)c1OCc1ccc(C(=O)O)cc1. The molecule has 7 heteroatoms. The Hall–Kier alpha value is -3.82. The van der Waals surface area contributed by atoms with Gasteiger partial charge in [0.2, 0.25) is 0 Å². The number of hydrogen-bond acceptors (Lipinski definition) is 4. The van der Waals surface area contributed by atoms with Crippen molar-refractivity contribution in [3.63, 3.8) is 0 Å². The highest BCUT2D eigenvalue weighted by molar-refractivity contribution is 6.32. The van der Waals surface area contributed by atoms with Gasteiger partial charge in [0, 0.05) is 0 Å². The normalized spacial score (nSPS) is 11.0. The van der Waals surface area contributed by atoms with E-state index in [9.17, 15) is 14.4 Å². The number of hydrogen-bond donors (Lipinski definition) is 1. The van der Waals surface area contributed by atoms with Crippen molar-refractivity contribution in [3.8, 4) is 17.6 Å². The molecule has 0 aliphatic heterocycles. The summed E-state index contributed by atoms with van der Waals surface area (Å²) in [7, 11) is 0. The molecule has 162 valence electrons. The lowest BCUT2D eigenvalue weighted by Crippen LogP contribution is -2.02. The molecule has 3 rings (SSSR count). The Bertz CT molecular complexity index is 1180. The van der Waals surface area contributed by atoms with Crippen LogP contribution >= 0.6 is 11.6 Å². The van der Waals surface area contributed by atoms with Gasteiger partial charge in [-0.1, -0.05) is 35.9 Å². The van der Waals surface area contributed by atoms with Gasteiger partial charge in [-0.15, -0.1) is 0 Å². The monoisotopic (exact) mass is 451 g/mol. The third-order valence-electron chi connectivity index (χ3n) is 4.50. The van der Waals surface area contributed by atoms with Gasteiger partial charge in [0.1, 0.15) is 12.4 Å². The van der Waals surface area contributed by atoms with Crippen LogP contribution in [0.4, 0.5) is 4.39 Å². The van der Waals surface area contributed by atoms with Gasteiger partial charge < -0.3 is 14.6 Å². The van der Waals surface area contributed by atoms with Crippen LogP contribution < -0.4 is 9.47 Å². The second-order valence-electron chi connectivity index (χ2n) is 6.73. The molecule has 3 aromatic rings. The highest BCUT2D eigenvalue weighted by Crippen LogP contribution is 2.38. The molecule has 0 radical (unpaired) electrons. The topological polar surface area (TPSA) is 79.5 Å². The Balaban J connectivity index is 1.87. The standard InChI is InChI=1S/C25H19ClFNO4/c1-2-31-23-13-17(11-20(14-28)18-7-9-21(27)10-8-18)12-22(26)24(23)32-15-16-3-5-19(6-4-16)25(29)30/h3-13H,2,15H2,1H3,(H,29,30)/b20-11+. The van der Waals surface area contributed by atoms with Crippen molar-refractivity contribution in [2.75, 3.05) is 6.61 Å². The average Bonchev–Trinajstić information content (AvgIpc) is 2.78. The molecule has 0 spiro atoms. The quantitative estimate of drug-likeness (QED) is 0.325. The highest BCUT2D eigenvalue weighted by Gasteiger charge is 2.14. The van der Waals surface area contributed by atoms with Crippen LogP contribution in [0.3, 0.4) is 0 Å². The van der Waals surface area contributed by atoms with E-state index in [1.165, 1.54) is 36.4 Å². The molecule has 0 aliphatic rings. The molecule has 0 heterocycles. The number of halogens is 2. The van der Waals surface area contributed by atoms with Gasteiger partial charge in [0.15, 0.2) is 11.5 Å². The van der Waals surface area contributed by atoms with E-state index in [4.69, 9.17) is 26.2 Å². The summed E-state index contributed by atoms with van der Waals surface area (Å²) in [6.45, 7) is 2.36. The Morgan fingerprint density at radius 3 is 2.34 bits per heavy atom. The molecule has 0 fully saturated rings. The molecule has 0 aliphatic carbocycles. The lowest BCUT2D eigenvalue weighted by atomic mass is 10.0. The van der Waals surface area contributed by atoms with Gasteiger partial charge in [-0.2, -0.15) is 5.26 Å². The predicted octanol–water partition coefficient (Wildman–Crippen LogP) is 6.22. The summed E-state index contributed by atoms with van der Waals surface area (Å²) in [6, 6.07) is 17.4. The molecule has 0 bridgehead atoms. The highest BCUT2D eigenvalue weighted by atomic mass is 35.5. The molecule has 0 aromatic heterocycles. The van der Waals surface area contributed by atoms with Gasteiger partial charge in [-0.25, -0.2) is 9.18 Å². The number of aromatic carboxylic acids is 1. The smallest absolute Gasteiger partial charge is 0.335 e. The fraction of sp³-hybridized carbons (Fsp3) is 0.120. The van der Waals surface area contributed by atoms with E-state index < -0.39 is 5.97 Å². The first-order valence-corrected chi connectivity index (χ1v) is 10.1. The summed E-state index contributed by atoms with van der Waals surface area (Å²) in [6.07, 6.45) is 1.63. The Kier molecular flexibility index (Phi) is 7.48. The Morgan fingerprint density at radius 1 is 1.09 bits per heavy atom. The molecule has 0 saturated carbocycles. The van der Waals surface area contributed by atoms with Crippen molar-refractivity contribution in [2.45, 2.75) is 13.5 Å². The summed E-state index contributed by atoms with van der Waals surface area (Å²) in [5.74, 6) is -0.634. The Labute approximate surface area is 189 Å². The van der Waals surface area contributed by atoms with Gasteiger partial charge in [0.25, 0.3) is 0 Å². The van der Waals surface area contributed by atoms with Crippen molar-refractivity contribution in [1.82, 2.24) is 0 Å². The largest absolute Gasteiger partial charge is 0.490 e. The molecule has 1 N–H and O–H groups in total. The number of benzene rings is 3. The number of nitrogens with zero attached hydrogens (tertiary/aromatic N) is 1. The average molecular weight is 452 g/mol. The summed E-state index contributed by atoms with van der Waals surface area (Å²) in [5, 5.41) is 18.8. The zero-order valence-corrected chi connectivity index (χ0v) is 17.9. The third kappa shape index (κ3) is 5.65. The lowest BCUT2D eigenvalue weighted by Gasteiger charge is -2.15. The van der Waals surface area contributed by atoms with E-state index in [-0.39, 0.29) is 18.0 Å². The first kappa shape index (κ1) is 22.9. The second-order valence-corrected chi connectivity index (χ2v) is 7.14. The number of nitriles is 1. The van der Waals surface area contributed by atoms with E-state index in [2.05, 4.69) is 6.07 Å². The van der Waals surface area contributed by atoms with Crippen LogP contribution in [0.2, 0.25) is 5.02 Å². The first-order valence-electron chi connectivity index (χ1n) is 9.70. The minimum absolute atomic E-state index is 0.161. The number of allylic oxidation sites excluding steroid dienone is 1. The molecule has 5 nitrogen and oxygen atoms in total. The molecule has 0 atom stereocenters. The molecule has 32 heavy (non-hydrogen) atoms. The second kappa shape index (κ2) is 10.5. The van der Waals surface area contributed by atoms with Crippen LogP contribution in [-0.2, 0) is 6.61 Å². The van der Waals surface area contributed by atoms with Crippen molar-refractivity contribution in [1.29, 1.82) is 5.26 Å². The lowest BCUT2D eigenvalue weighted by molar-refractivity contribution is 0.0697. The minimum Gasteiger partial charge on any atom is -0.490 e. The van der Waals surface area contributed by atoms with Crippen molar-refractivity contribution in [2.24, 2.45) is 0 Å². The van der Waals surface area contributed by atoms with Gasteiger partial charge in [-0.3, -0.25) is 0 Å². The van der Waals surface area contributed by atoms with E-state index in [1.807, 2.05) is 6.92 Å². The number of rotatable bonds is 8. The molecular weight excluding hydrogens is 433 g/mol. The van der Waals surface area contributed by atoms with E-state index >= 15 is 0 Å². The van der Waals surface area contributed by atoms with Crippen LogP contribution in [-0.4, -0.2) is 17.7 Å². The fourth-order valence-corrected chi connectivity index (χ4v) is 3.22. The fourth-order valence-electron chi connectivity index (χ4n) is 2.95. The Morgan fingerprint density at radius 2 is 1.75 bits per heavy atom. The van der Waals surface area contributed by atoms with Gasteiger partial charge in [-0.05, 0) is 66.1 Å². The number of carboxylic acids is 1. The van der Waals surface area contributed by atoms with Crippen molar-refractivity contribution < 1.29 is 23.8 Å². The van der Waals surface area contributed by atoms with Crippen molar-refractivity contribution in [3.05, 3.63) is 93.8 Å². The van der Waals surface area contributed by atoms with E-state index in [1.54, 1.807) is 30.3 Å². The summed E-state index contributed by atoms with van der Waals surface area (Å²) >= 11 is 6.45. The summed E-state index contributed by atoms with van der Waals surface area (Å²) in [4.78, 5) is 11.0. The minimum atomic E-state index is -1.000. The van der Waals surface area contributed by atoms with Crippen LogP contribution in [0.5, 0.6) is 11.5 Å². The summed E-state index contributed by atoms with van der Waals surface area (Å²) < 4.78 is 24.7. The maximum atomic E-state index is 13.2. The van der Waals surface area contributed by atoms with Crippen LogP contribution in [0, 0.1) is 17.1 Å². The molecule has 0 unspecified atom stereocenters. The van der Waals surface area contributed by atoms with Crippen LogP contribution in [0.1, 0.15) is 34.0 Å². The van der Waals surface area contributed by atoms with Crippen molar-refractivity contribution >= 4 is 29.2 Å². The predicted molar refractivity (Wildman–Crippen MR) is 120 cm³/mol. The maximum Gasteiger partial charge on any atom is 0.335 e. The molecule has 3 aromatic carbocycles. The number of carboxylic acid groups (broad SMARTS) is 1. The number of ether oxygens (including phenoxy) is 2. The molecule has 0 saturated heterocycles. The van der Waals surface area contributed by atoms with Crippen LogP contribution in [0.25, 0.3) is 11.6 Å². The molecule has 0 amide bonds. The van der Waals surface area contributed by atoms with Crippen LogP contribution in [0.15, 0.2) is 60.7 Å². The first-order chi connectivity index (χ1) is 15.4. The van der Waals surface area contributed by atoms with Gasteiger partial charge in [0.05, 0.1) is 28.8 Å². The number of carbonyl (C=O) groups is 1. The maximum absolute atomic E-state index is 13.2. The molecular formula is C25H19ClFNO4. The third-order valence-corrected chi connectivity index (χ3v) is 4.78. The zero-order valence-electron chi connectivity index (χ0n) is 17.1. The van der Waals surface area contributed by atoms with E-state index in [0.717, 1.165) is 5.56 Å². The van der Waals surface area contributed by atoms with Gasteiger partial charge >= 0.3 is 5.97 Å². The zero-order chi connectivity index (χ0) is 23.1. The van der Waals surface area contributed by atoms with E-state index in [0.29, 0.717) is 39.8 Å².